The highest BCUT2D eigenvalue weighted by Crippen LogP contribution is 2.18. The summed E-state index contributed by atoms with van der Waals surface area (Å²) in [4.78, 5) is 0. The molecule has 0 spiro atoms. The average Bonchev–Trinajstić information content (AvgIpc) is 2.28. The number of rotatable bonds is 1. The molecule has 0 saturated heterocycles. The lowest BCUT2D eigenvalue weighted by Gasteiger charge is -2.05. The highest BCUT2D eigenvalue weighted by atomic mass is 14.3. The summed E-state index contributed by atoms with van der Waals surface area (Å²) in [5.74, 6) is 0.778. The van der Waals surface area contributed by atoms with Crippen LogP contribution in [0.3, 0.4) is 0 Å². The predicted octanol–water partition coefficient (Wildman–Crippen LogP) is 3.77. The molecule has 0 saturated carbocycles. The van der Waals surface area contributed by atoms with Crippen molar-refractivity contribution >= 4 is 0 Å². The third kappa shape index (κ3) is 3.27. The van der Waals surface area contributed by atoms with Crippen LogP contribution in [0.4, 0.5) is 0 Å². The third-order valence-electron chi connectivity index (χ3n) is 2.58. The summed E-state index contributed by atoms with van der Waals surface area (Å²) < 4.78 is 0. The fourth-order valence-corrected chi connectivity index (χ4v) is 1.47. The first-order valence-electron chi connectivity index (χ1n) is 5.38. The number of hydrogen-bond acceptors (Lipinski definition) is 1. The van der Waals surface area contributed by atoms with Crippen molar-refractivity contribution in [1.82, 2.24) is 0 Å². The normalized spacial score (nSPS) is 21.1. The zero-order valence-electron chi connectivity index (χ0n) is 9.62. The third-order valence-corrected chi connectivity index (χ3v) is 2.58. The predicted molar refractivity (Wildman–Crippen MR) is 63.1 cm³/mol. The Hall–Kier alpha value is -1.51. The van der Waals surface area contributed by atoms with E-state index >= 15 is 0 Å². The molecule has 1 unspecified atom stereocenters. The Morgan fingerprint density at radius 1 is 1.53 bits per heavy atom. The highest BCUT2D eigenvalue weighted by Gasteiger charge is 2.06. The molecule has 0 fully saturated rings. The van der Waals surface area contributed by atoms with Crippen LogP contribution in [0.1, 0.15) is 27.2 Å². The minimum absolute atomic E-state index is 0.302. The molecule has 1 heteroatoms. The number of hydrogen-bond donors (Lipinski definition) is 0. The van der Waals surface area contributed by atoms with Crippen molar-refractivity contribution in [2.75, 3.05) is 0 Å². The fraction of sp³-hybridized carbons (Fsp3) is 0.429. The van der Waals surface area contributed by atoms with Crippen LogP contribution in [0.5, 0.6) is 0 Å². The SMILES string of the molecule is CC(C)C1=C=CC=C(C#N)C(C)CC=C1. The van der Waals surface area contributed by atoms with Gasteiger partial charge in [0.1, 0.15) is 0 Å². The van der Waals surface area contributed by atoms with Gasteiger partial charge in [0.05, 0.1) is 6.07 Å². The largest absolute Gasteiger partial charge is 0.193 e. The van der Waals surface area contributed by atoms with E-state index in [1.807, 2.05) is 12.2 Å². The zero-order chi connectivity index (χ0) is 11.3. The Balaban J connectivity index is 3.05. The van der Waals surface area contributed by atoms with Crippen LogP contribution >= 0.6 is 0 Å². The Morgan fingerprint density at radius 2 is 2.27 bits per heavy atom. The van der Waals surface area contributed by atoms with Crippen molar-refractivity contribution < 1.29 is 0 Å². The summed E-state index contributed by atoms with van der Waals surface area (Å²) in [6.07, 6.45) is 8.91. The van der Waals surface area contributed by atoms with Crippen LogP contribution in [-0.2, 0) is 0 Å². The molecule has 0 bridgehead atoms. The van der Waals surface area contributed by atoms with Gasteiger partial charge in [-0.15, -0.1) is 5.73 Å². The molecule has 0 amide bonds. The Labute approximate surface area is 92.1 Å². The Morgan fingerprint density at radius 3 is 2.87 bits per heavy atom. The van der Waals surface area contributed by atoms with Crippen LogP contribution in [0.2, 0.25) is 0 Å². The molecule has 0 aromatic carbocycles. The van der Waals surface area contributed by atoms with Crippen molar-refractivity contribution in [3.05, 3.63) is 41.2 Å². The van der Waals surface area contributed by atoms with Crippen molar-refractivity contribution in [2.24, 2.45) is 11.8 Å². The second kappa shape index (κ2) is 5.39. The van der Waals surface area contributed by atoms with E-state index in [0.29, 0.717) is 11.8 Å². The van der Waals surface area contributed by atoms with Crippen molar-refractivity contribution in [3.63, 3.8) is 0 Å². The lowest BCUT2D eigenvalue weighted by molar-refractivity contribution is 0.714. The van der Waals surface area contributed by atoms with E-state index in [-0.39, 0.29) is 0 Å². The summed E-state index contributed by atoms with van der Waals surface area (Å²) in [6, 6.07) is 2.24. The molecule has 15 heavy (non-hydrogen) atoms. The molecule has 0 heterocycles. The summed E-state index contributed by atoms with van der Waals surface area (Å²) in [6.45, 7) is 6.38. The van der Waals surface area contributed by atoms with E-state index in [1.165, 1.54) is 5.57 Å². The Bertz CT molecular complexity index is 382. The first-order chi connectivity index (χ1) is 7.15. The topological polar surface area (TPSA) is 23.8 Å². The quantitative estimate of drug-likeness (QED) is 0.590. The molecule has 0 radical (unpaired) electrons. The van der Waals surface area contributed by atoms with E-state index in [1.54, 1.807) is 0 Å². The van der Waals surface area contributed by atoms with E-state index in [0.717, 1.165) is 12.0 Å². The molecule has 0 aromatic rings. The van der Waals surface area contributed by atoms with E-state index in [4.69, 9.17) is 5.26 Å². The zero-order valence-corrected chi connectivity index (χ0v) is 9.62. The molecular formula is C14H17N. The first kappa shape index (κ1) is 11.6. The van der Waals surface area contributed by atoms with Crippen LogP contribution < -0.4 is 0 Å². The number of nitriles is 1. The average molecular weight is 199 g/mol. The maximum atomic E-state index is 8.95. The molecule has 1 rings (SSSR count). The van der Waals surface area contributed by atoms with Crippen LogP contribution in [0, 0.1) is 23.2 Å². The van der Waals surface area contributed by atoms with Gasteiger partial charge in [-0.1, -0.05) is 32.9 Å². The van der Waals surface area contributed by atoms with Gasteiger partial charge < -0.3 is 0 Å². The molecular weight excluding hydrogens is 182 g/mol. The van der Waals surface area contributed by atoms with Gasteiger partial charge in [0.25, 0.3) is 0 Å². The Kier molecular flexibility index (Phi) is 4.16. The first-order valence-corrected chi connectivity index (χ1v) is 5.38. The molecule has 0 N–H and O–H groups in total. The summed E-state index contributed by atoms with van der Waals surface area (Å²) in [5, 5.41) is 8.95. The van der Waals surface area contributed by atoms with Gasteiger partial charge in [-0.3, -0.25) is 0 Å². The molecule has 0 aromatic heterocycles. The van der Waals surface area contributed by atoms with Crippen molar-refractivity contribution in [1.29, 1.82) is 5.26 Å². The van der Waals surface area contributed by atoms with Crippen LogP contribution in [0.15, 0.2) is 41.2 Å². The maximum absolute atomic E-state index is 8.95. The second-order valence-electron chi connectivity index (χ2n) is 4.19. The molecule has 0 aliphatic heterocycles. The molecule has 1 aliphatic rings. The molecule has 1 nitrogen and oxygen atoms in total. The molecule has 1 atom stereocenters. The summed E-state index contributed by atoms with van der Waals surface area (Å²) >= 11 is 0. The van der Waals surface area contributed by atoms with E-state index in [9.17, 15) is 0 Å². The fourth-order valence-electron chi connectivity index (χ4n) is 1.47. The van der Waals surface area contributed by atoms with Gasteiger partial charge >= 0.3 is 0 Å². The summed E-state index contributed by atoms with van der Waals surface area (Å²) in [5.41, 5.74) is 5.25. The van der Waals surface area contributed by atoms with E-state index < -0.39 is 0 Å². The monoisotopic (exact) mass is 199 g/mol. The van der Waals surface area contributed by atoms with Gasteiger partial charge in [0.2, 0.25) is 0 Å². The lowest BCUT2D eigenvalue weighted by Crippen LogP contribution is -1.95. The molecule has 1 aliphatic carbocycles. The minimum atomic E-state index is 0.302. The minimum Gasteiger partial charge on any atom is -0.193 e. The van der Waals surface area contributed by atoms with Crippen molar-refractivity contribution in [2.45, 2.75) is 27.2 Å². The van der Waals surface area contributed by atoms with E-state index in [2.05, 4.69) is 44.7 Å². The summed E-state index contributed by atoms with van der Waals surface area (Å²) in [7, 11) is 0. The standard InChI is InChI=1S/C14H17N/c1-11(2)13-7-4-6-12(3)14(10-15)9-5-8-13/h4-5,7,9,11-12H,6H2,1-3H3. The van der Waals surface area contributed by atoms with Crippen LogP contribution in [0.25, 0.3) is 0 Å². The number of nitrogens with zero attached hydrogens (tertiary/aromatic N) is 1. The van der Waals surface area contributed by atoms with Gasteiger partial charge in [0, 0.05) is 5.57 Å². The van der Waals surface area contributed by atoms with Gasteiger partial charge in [0.15, 0.2) is 0 Å². The van der Waals surface area contributed by atoms with Gasteiger partial charge in [-0.05, 0) is 36.0 Å². The highest BCUT2D eigenvalue weighted by molar-refractivity contribution is 5.32. The van der Waals surface area contributed by atoms with Crippen molar-refractivity contribution in [3.8, 4) is 6.07 Å². The van der Waals surface area contributed by atoms with Crippen LogP contribution in [-0.4, -0.2) is 0 Å². The maximum Gasteiger partial charge on any atom is 0.0950 e. The van der Waals surface area contributed by atoms with Gasteiger partial charge in [-0.25, -0.2) is 0 Å². The number of allylic oxidation sites excluding steroid dienone is 5. The van der Waals surface area contributed by atoms with Gasteiger partial charge in [-0.2, -0.15) is 5.26 Å². The molecule has 78 valence electrons. The lowest BCUT2D eigenvalue weighted by atomic mass is 9.98. The smallest absolute Gasteiger partial charge is 0.0950 e. The second-order valence-corrected chi connectivity index (χ2v) is 4.19.